The molecule has 3 aromatic rings. The summed E-state index contributed by atoms with van der Waals surface area (Å²) in [6.45, 7) is 2.35. The molecule has 1 aliphatic rings. The normalized spacial score (nSPS) is 13.6. The molecule has 1 saturated heterocycles. The highest BCUT2D eigenvalue weighted by molar-refractivity contribution is 7.92. The predicted molar refractivity (Wildman–Crippen MR) is 148 cm³/mol. The van der Waals surface area contributed by atoms with Crippen molar-refractivity contribution in [2.75, 3.05) is 30.9 Å². The monoisotopic (exact) mass is 558 g/mol. The predicted octanol–water partition coefficient (Wildman–Crippen LogP) is 3.55. The minimum atomic E-state index is -3.94. The first-order valence-corrected chi connectivity index (χ1v) is 13.6. The molecule has 38 heavy (non-hydrogen) atoms. The maximum absolute atomic E-state index is 13.0. The number of amides is 2. The summed E-state index contributed by atoms with van der Waals surface area (Å²) >= 11 is 0. The molecule has 1 aliphatic heterocycles. The Morgan fingerprint density at radius 1 is 0.868 bits per heavy atom. The van der Waals surface area contributed by atoms with Gasteiger partial charge in [-0.3, -0.25) is 14.3 Å². The van der Waals surface area contributed by atoms with Gasteiger partial charge in [-0.15, -0.1) is 12.4 Å². The van der Waals surface area contributed by atoms with Gasteiger partial charge in [-0.05, 0) is 80.4 Å². The number of anilines is 1. The van der Waals surface area contributed by atoms with Crippen LogP contribution in [0.5, 0.6) is 11.5 Å². The van der Waals surface area contributed by atoms with Gasteiger partial charge in [0.1, 0.15) is 5.75 Å². The molecular formula is C27H31ClN4O5S. The molecule has 9 nitrogen and oxygen atoms in total. The topological polar surface area (TPSA) is 126 Å². The molecule has 202 valence electrons. The van der Waals surface area contributed by atoms with Crippen LogP contribution in [0.25, 0.3) is 0 Å². The molecule has 1 heterocycles. The van der Waals surface area contributed by atoms with Crippen LogP contribution < -0.4 is 25.4 Å². The van der Waals surface area contributed by atoms with Gasteiger partial charge in [0.2, 0.25) is 5.91 Å². The van der Waals surface area contributed by atoms with Crippen LogP contribution in [0.15, 0.2) is 83.8 Å². The van der Waals surface area contributed by atoms with Gasteiger partial charge in [-0.25, -0.2) is 8.42 Å². The Hall–Kier alpha value is -3.60. The molecule has 1 fully saturated rings. The number of rotatable bonds is 10. The fourth-order valence-corrected chi connectivity index (χ4v) is 4.98. The van der Waals surface area contributed by atoms with Crippen LogP contribution in [0.3, 0.4) is 0 Å². The molecule has 4 N–H and O–H groups in total. The fourth-order valence-electron chi connectivity index (χ4n) is 3.91. The van der Waals surface area contributed by atoms with Gasteiger partial charge in [0, 0.05) is 12.1 Å². The molecule has 0 radical (unpaired) electrons. The second-order valence-electron chi connectivity index (χ2n) is 8.72. The average molecular weight is 559 g/mol. The highest BCUT2D eigenvalue weighted by atomic mass is 35.5. The quantitative estimate of drug-likeness (QED) is 0.301. The van der Waals surface area contributed by atoms with Crippen LogP contribution in [0.4, 0.5) is 5.69 Å². The highest BCUT2D eigenvalue weighted by Gasteiger charge is 2.18. The molecule has 0 aliphatic carbocycles. The summed E-state index contributed by atoms with van der Waals surface area (Å²) in [6.07, 6.45) is 2.03. The van der Waals surface area contributed by atoms with Crippen LogP contribution >= 0.6 is 12.4 Å². The Morgan fingerprint density at radius 2 is 1.53 bits per heavy atom. The van der Waals surface area contributed by atoms with Crippen molar-refractivity contribution in [3.8, 4) is 11.5 Å². The summed E-state index contributed by atoms with van der Waals surface area (Å²) in [6, 6.07) is 21.3. The lowest BCUT2D eigenvalue weighted by Gasteiger charge is -2.22. The number of benzene rings is 3. The zero-order valence-electron chi connectivity index (χ0n) is 20.7. The highest BCUT2D eigenvalue weighted by Crippen LogP contribution is 2.30. The van der Waals surface area contributed by atoms with Gasteiger partial charge in [0.05, 0.1) is 17.1 Å². The lowest BCUT2D eigenvalue weighted by molar-refractivity contribution is -0.120. The SMILES string of the molecule is Cl.O=C(CNC(=O)c1ccc(S(=O)(=O)Nc2ccccc2Oc2ccccc2)cc1)NCC1CCNCC1. The van der Waals surface area contributed by atoms with Crippen molar-refractivity contribution in [3.05, 3.63) is 84.4 Å². The maximum atomic E-state index is 13.0. The van der Waals surface area contributed by atoms with Gasteiger partial charge >= 0.3 is 0 Å². The molecule has 11 heteroatoms. The van der Waals surface area contributed by atoms with Crippen LogP contribution in [-0.2, 0) is 14.8 Å². The molecular weight excluding hydrogens is 528 g/mol. The number of hydrogen-bond donors (Lipinski definition) is 4. The molecule has 0 saturated carbocycles. The third kappa shape index (κ3) is 8.20. The van der Waals surface area contributed by atoms with Crippen LogP contribution in [-0.4, -0.2) is 46.4 Å². The Labute approximate surface area is 228 Å². The molecule has 0 spiro atoms. The van der Waals surface area contributed by atoms with Crippen LogP contribution in [0.2, 0.25) is 0 Å². The van der Waals surface area contributed by atoms with Crippen molar-refractivity contribution >= 4 is 39.9 Å². The van der Waals surface area contributed by atoms with Gasteiger partial charge in [-0.2, -0.15) is 0 Å². The lowest BCUT2D eigenvalue weighted by Crippen LogP contribution is -2.40. The van der Waals surface area contributed by atoms with Gasteiger partial charge in [-0.1, -0.05) is 30.3 Å². The first kappa shape index (κ1) is 29.0. The number of hydrogen-bond acceptors (Lipinski definition) is 6. The Balaban J connectivity index is 0.00000400. The van der Waals surface area contributed by atoms with Crippen molar-refractivity contribution in [2.24, 2.45) is 5.92 Å². The van der Waals surface area contributed by atoms with Crippen LogP contribution in [0.1, 0.15) is 23.2 Å². The van der Waals surface area contributed by atoms with E-state index in [4.69, 9.17) is 4.74 Å². The zero-order chi connectivity index (χ0) is 26.1. The Kier molecular flexibility index (Phi) is 10.5. The second kappa shape index (κ2) is 13.8. The van der Waals surface area contributed by atoms with E-state index in [0.717, 1.165) is 25.9 Å². The second-order valence-corrected chi connectivity index (χ2v) is 10.4. The summed E-state index contributed by atoms with van der Waals surface area (Å²) < 4.78 is 34.3. The number of halogens is 1. The van der Waals surface area contributed by atoms with E-state index in [1.165, 1.54) is 24.3 Å². The summed E-state index contributed by atoms with van der Waals surface area (Å²) in [5, 5.41) is 8.70. The summed E-state index contributed by atoms with van der Waals surface area (Å²) in [5.41, 5.74) is 0.529. The largest absolute Gasteiger partial charge is 0.455 e. The third-order valence-electron chi connectivity index (χ3n) is 5.99. The van der Waals surface area contributed by atoms with E-state index >= 15 is 0 Å². The standard InChI is InChI=1S/C27H30N4O5S.ClH/c32-26(29-18-20-14-16-28-17-15-20)19-30-27(33)21-10-12-23(13-11-21)37(34,35)31-24-8-4-5-9-25(24)36-22-6-2-1-3-7-22;/h1-13,20,28,31H,14-19H2,(H,29,32)(H,30,33);1H. The van der Waals surface area contributed by atoms with Crippen molar-refractivity contribution in [3.63, 3.8) is 0 Å². The number of ether oxygens (including phenoxy) is 1. The zero-order valence-corrected chi connectivity index (χ0v) is 22.3. The van der Waals surface area contributed by atoms with Gasteiger partial charge in [0.15, 0.2) is 5.75 Å². The first-order chi connectivity index (χ1) is 17.9. The van der Waals surface area contributed by atoms with E-state index in [1.807, 2.05) is 18.2 Å². The van der Waals surface area contributed by atoms with Crippen molar-refractivity contribution in [2.45, 2.75) is 17.7 Å². The van der Waals surface area contributed by atoms with E-state index in [0.29, 0.717) is 24.0 Å². The molecule has 0 unspecified atom stereocenters. The van der Waals surface area contributed by atoms with E-state index in [-0.39, 0.29) is 41.0 Å². The third-order valence-corrected chi connectivity index (χ3v) is 7.37. The Bertz CT molecular complexity index is 1310. The minimum Gasteiger partial charge on any atom is -0.455 e. The summed E-state index contributed by atoms with van der Waals surface area (Å²) in [5.74, 6) is 0.652. The molecule has 0 bridgehead atoms. The summed E-state index contributed by atoms with van der Waals surface area (Å²) in [7, 11) is -3.94. The molecule has 0 atom stereocenters. The van der Waals surface area contributed by atoms with Gasteiger partial charge in [0.25, 0.3) is 15.9 Å². The fraction of sp³-hybridized carbons (Fsp3) is 0.259. The number of sulfonamides is 1. The summed E-state index contributed by atoms with van der Waals surface area (Å²) in [4.78, 5) is 24.5. The van der Waals surface area contributed by atoms with Crippen molar-refractivity contribution < 1.29 is 22.7 Å². The van der Waals surface area contributed by atoms with Crippen LogP contribution in [0, 0.1) is 5.92 Å². The van der Waals surface area contributed by atoms with E-state index in [1.54, 1.807) is 36.4 Å². The molecule has 0 aromatic heterocycles. The first-order valence-electron chi connectivity index (χ1n) is 12.1. The number of carbonyl (C=O) groups excluding carboxylic acids is 2. The number of nitrogens with one attached hydrogen (secondary N) is 4. The molecule has 4 rings (SSSR count). The van der Waals surface area contributed by atoms with E-state index < -0.39 is 15.9 Å². The lowest BCUT2D eigenvalue weighted by atomic mass is 9.98. The maximum Gasteiger partial charge on any atom is 0.262 e. The van der Waals surface area contributed by atoms with E-state index in [9.17, 15) is 18.0 Å². The van der Waals surface area contributed by atoms with Gasteiger partial charge < -0.3 is 20.7 Å². The smallest absolute Gasteiger partial charge is 0.262 e. The van der Waals surface area contributed by atoms with E-state index in [2.05, 4.69) is 20.7 Å². The molecule has 2 amide bonds. The average Bonchev–Trinajstić information content (AvgIpc) is 2.93. The number of para-hydroxylation sites is 3. The van der Waals surface area contributed by atoms with Crippen molar-refractivity contribution in [1.29, 1.82) is 0 Å². The minimum absolute atomic E-state index is 0. The van der Waals surface area contributed by atoms with Crippen molar-refractivity contribution in [1.82, 2.24) is 16.0 Å². The Morgan fingerprint density at radius 3 is 2.24 bits per heavy atom. The number of piperidine rings is 1. The number of carbonyl (C=O) groups is 2. The molecule has 3 aromatic carbocycles.